The van der Waals surface area contributed by atoms with E-state index in [1.807, 2.05) is 0 Å². The van der Waals surface area contributed by atoms with Gasteiger partial charge in [0.15, 0.2) is 0 Å². The van der Waals surface area contributed by atoms with Crippen LogP contribution in [0.1, 0.15) is 17.2 Å². The fraction of sp³-hybridized carbons (Fsp3) is 0.214. The van der Waals surface area contributed by atoms with E-state index in [0.717, 1.165) is 0 Å². The molecule has 1 atom stereocenters. The lowest BCUT2D eigenvalue weighted by Gasteiger charge is -2.12. The molecule has 2 rings (SSSR count). The van der Waals surface area contributed by atoms with Gasteiger partial charge in [0.2, 0.25) is 5.88 Å². The fourth-order valence-electron chi connectivity index (χ4n) is 1.87. The minimum atomic E-state index is -1.03. The number of carboxylic acids is 1. The van der Waals surface area contributed by atoms with Crippen molar-refractivity contribution in [3.8, 4) is 5.88 Å². The highest BCUT2D eigenvalue weighted by atomic mass is 19.1. The van der Waals surface area contributed by atoms with Crippen LogP contribution < -0.4 is 4.74 Å². The second-order valence-electron chi connectivity index (χ2n) is 4.21. The molecule has 0 amide bonds. The molecule has 0 saturated heterocycles. The zero-order chi connectivity index (χ0) is 14.5. The van der Waals surface area contributed by atoms with Gasteiger partial charge in [-0.3, -0.25) is 4.79 Å². The Morgan fingerprint density at radius 1 is 1.40 bits per heavy atom. The van der Waals surface area contributed by atoms with Crippen molar-refractivity contribution in [2.75, 3.05) is 7.11 Å². The van der Waals surface area contributed by atoms with Crippen LogP contribution in [0.25, 0.3) is 0 Å². The Balaban J connectivity index is 2.29. The number of ether oxygens (including phenoxy) is 1. The van der Waals surface area contributed by atoms with E-state index < -0.39 is 17.7 Å². The van der Waals surface area contributed by atoms with Gasteiger partial charge in [-0.1, -0.05) is 12.1 Å². The van der Waals surface area contributed by atoms with Gasteiger partial charge in [0.25, 0.3) is 0 Å². The lowest BCUT2D eigenvalue weighted by molar-refractivity contribution is -0.138. The number of methoxy groups -OCH3 is 1. The number of hydrogen-bond donors (Lipinski definition) is 1. The SMILES string of the molecule is COc1cc(C(Cc2cccc(F)c2)C(=O)O)ncn1. The summed E-state index contributed by atoms with van der Waals surface area (Å²) in [6, 6.07) is 7.32. The Morgan fingerprint density at radius 3 is 2.85 bits per heavy atom. The summed E-state index contributed by atoms with van der Waals surface area (Å²) in [6.07, 6.45) is 1.39. The largest absolute Gasteiger partial charge is 0.481 e. The smallest absolute Gasteiger partial charge is 0.312 e. The molecule has 5 nitrogen and oxygen atoms in total. The van der Waals surface area contributed by atoms with E-state index in [9.17, 15) is 14.3 Å². The van der Waals surface area contributed by atoms with Gasteiger partial charge in [-0.05, 0) is 24.1 Å². The van der Waals surface area contributed by atoms with Crippen LogP contribution in [0.5, 0.6) is 5.88 Å². The quantitative estimate of drug-likeness (QED) is 0.904. The first kappa shape index (κ1) is 13.9. The molecule has 1 unspecified atom stereocenters. The van der Waals surface area contributed by atoms with Gasteiger partial charge in [0.1, 0.15) is 18.1 Å². The minimum absolute atomic E-state index is 0.146. The van der Waals surface area contributed by atoms with Crippen LogP contribution in [0.4, 0.5) is 4.39 Å². The van der Waals surface area contributed by atoms with Crippen molar-refractivity contribution in [1.29, 1.82) is 0 Å². The van der Waals surface area contributed by atoms with Gasteiger partial charge in [-0.15, -0.1) is 0 Å². The van der Waals surface area contributed by atoms with Crippen molar-refractivity contribution in [1.82, 2.24) is 9.97 Å². The molecule has 1 aromatic heterocycles. The number of carbonyl (C=O) groups is 1. The number of halogens is 1. The molecule has 1 N–H and O–H groups in total. The molecule has 1 heterocycles. The van der Waals surface area contributed by atoms with Gasteiger partial charge < -0.3 is 9.84 Å². The summed E-state index contributed by atoms with van der Waals surface area (Å²) in [4.78, 5) is 19.2. The van der Waals surface area contributed by atoms with Crippen LogP contribution in [-0.4, -0.2) is 28.2 Å². The molecule has 0 aliphatic heterocycles. The summed E-state index contributed by atoms with van der Waals surface area (Å²) < 4.78 is 18.1. The Labute approximate surface area is 115 Å². The number of benzene rings is 1. The molecule has 0 spiro atoms. The van der Waals surface area contributed by atoms with Gasteiger partial charge in [-0.25, -0.2) is 14.4 Å². The van der Waals surface area contributed by atoms with E-state index in [0.29, 0.717) is 17.1 Å². The lowest BCUT2D eigenvalue weighted by Crippen LogP contribution is -2.16. The predicted octanol–water partition coefficient (Wildman–Crippen LogP) is 2.04. The molecule has 0 aliphatic carbocycles. The van der Waals surface area contributed by atoms with E-state index in [-0.39, 0.29) is 6.42 Å². The number of aliphatic carboxylic acids is 1. The van der Waals surface area contributed by atoms with Gasteiger partial charge >= 0.3 is 5.97 Å². The summed E-state index contributed by atoms with van der Waals surface area (Å²) >= 11 is 0. The van der Waals surface area contributed by atoms with E-state index in [4.69, 9.17) is 4.74 Å². The third-order valence-electron chi connectivity index (χ3n) is 2.86. The maximum absolute atomic E-state index is 13.1. The third kappa shape index (κ3) is 3.28. The van der Waals surface area contributed by atoms with Crippen molar-refractivity contribution >= 4 is 5.97 Å². The molecule has 0 aliphatic rings. The standard InChI is InChI=1S/C14H13FN2O3/c1-20-13-7-12(16-8-17-13)11(14(18)19)6-9-3-2-4-10(15)5-9/h2-5,7-8,11H,6H2,1H3,(H,18,19). The highest BCUT2D eigenvalue weighted by Crippen LogP contribution is 2.22. The highest BCUT2D eigenvalue weighted by Gasteiger charge is 2.22. The van der Waals surface area contributed by atoms with Gasteiger partial charge in [0, 0.05) is 6.07 Å². The maximum Gasteiger partial charge on any atom is 0.312 e. The van der Waals surface area contributed by atoms with Crippen molar-refractivity contribution in [3.63, 3.8) is 0 Å². The summed E-state index contributed by atoms with van der Waals surface area (Å²) in [5.41, 5.74) is 0.920. The van der Waals surface area contributed by atoms with Crippen molar-refractivity contribution in [3.05, 3.63) is 53.7 Å². The topological polar surface area (TPSA) is 72.3 Å². The Bertz CT molecular complexity index is 619. The Hall–Kier alpha value is -2.50. The van der Waals surface area contributed by atoms with E-state index >= 15 is 0 Å². The van der Waals surface area contributed by atoms with Crippen molar-refractivity contribution in [2.45, 2.75) is 12.3 Å². The lowest BCUT2D eigenvalue weighted by atomic mass is 9.96. The van der Waals surface area contributed by atoms with E-state index in [1.165, 1.54) is 31.6 Å². The zero-order valence-electron chi connectivity index (χ0n) is 10.8. The summed E-state index contributed by atoms with van der Waals surface area (Å²) in [5.74, 6) is -2.02. The van der Waals surface area contributed by atoms with E-state index in [2.05, 4.69) is 9.97 Å². The molecule has 0 saturated carbocycles. The van der Waals surface area contributed by atoms with Crippen LogP contribution in [0.3, 0.4) is 0 Å². The van der Waals surface area contributed by atoms with Crippen LogP contribution >= 0.6 is 0 Å². The minimum Gasteiger partial charge on any atom is -0.481 e. The zero-order valence-corrected chi connectivity index (χ0v) is 10.8. The van der Waals surface area contributed by atoms with Crippen molar-refractivity contribution < 1.29 is 19.0 Å². The first-order valence-corrected chi connectivity index (χ1v) is 5.93. The fourth-order valence-corrected chi connectivity index (χ4v) is 1.87. The third-order valence-corrected chi connectivity index (χ3v) is 2.86. The normalized spacial score (nSPS) is 11.9. The monoisotopic (exact) mass is 276 g/mol. The first-order valence-electron chi connectivity index (χ1n) is 5.93. The van der Waals surface area contributed by atoms with Crippen molar-refractivity contribution in [2.24, 2.45) is 0 Å². The molecule has 0 radical (unpaired) electrons. The number of carboxylic acid groups (broad SMARTS) is 1. The van der Waals surface area contributed by atoms with Crippen LogP contribution in [0.2, 0.25) is 0 Å². The van der Waals surface area contributed by atoms with E-state index in [1.54, 1.807) is 12.1 Å². The van der Waals surface area contributed by atoms with Gasteiger partial charge in [0.05, 0.1) is 12.8 Å². The molecular formula is C14H13FN2O3. The number of aromatic nitrogens is 2. The van der Waals surface area contributed by atoms with Crippen LogP contribution in [0, 0.1) is 5.82 Å². The van der Waals surface area contributed by atoms with Crippen LogP contribution in [0.15, 0.2) is 36.7 Å². The second-order valence-corrected chi connectivity index (χ2v) is 4.21. The number of hydrogen-bond acceptors (Lipinski definition) is 4. The van der Waals surface area contributed by atoms with Crippen LogP contribution in [-0.2, 0) is 11.2 Å². The summed E-state index contributed by atoms with van der Waals surface area (Å²) in [7, 11) is 1.44. The molecule has 6 heteroatoms. The molecule has 2 aromatic rings. The Kier molecular flexibility index (Phi) is 4.24. The molecule has 0 bridgehead atoms. The molecule has 0 fully saturated rings. The maximum atomic E-state index is 13.1. The molecule has 104 valence electrons. The summed E-state index contributed by atoms with van der Waals surface area (Å²) in [5, 5.41) is 9.33. The Morgan fingerprint density at radius 2 is 2.20 bits per heavy atom. The first-order chi connectivity index (χ1) is 9.60. The molecule has 1 aromatic carbocycles. The van der Waals surface area contributed by atoms with Gasteiger partial charge in [-0.2, -0.15) is 0 Å². The number of nitrogens with zero attached hydrogens (tertiary/aromatic N) is 2. The average molecular weight is 276 g/mol. The second kappa shape index (κ2) is 6.10. The molecular weight excluding hydrogens is 263 g/mol. The molecule has 20 heavy (non-hydrogen) atoms. The number of rotatable bonds is 5. The summed E-state index contributed by atoms with van der Waals surface area (Å²) in [6.45, 7) is 0. The highest BCUT2D eigenvalue weighted by molar-refractivity contribution is 5.76. The average Bonchev–Trinajstić information content (AvgIpc) is 2.44. The predicted molar refractivity (Wildman–Crippen MR) is 69.1 cm³/mol.